The minimum atomic E-state index is -1.40. The molecule has 13 heavy (non-hydrogen) atoms. The van der Waals surface area contributed by atoms with Crippen LogP contribution in [0.3, 0.4) is 0 Å². The van der Waals surface area contributed by atoms with Crippen molar-refractivity contribution in [2.45, 2.75) is 18.9 Å². The van der Waals surface area contributed by atoms with E-state index in [-0.39, 0.29) is 11.6 Å². The molecule has 0 aromatic heterocycles. The van der Waals surface area contributed by atoms with Crippen molar-refractivity contribution >= 4 is 0 Å². The molecule has 1 aromatic rings. The Labute approximate surface area is 73.4 Å². The highest BCUT2D eigenvalue weighted by Crippen LogP contribution is 2.33. The largest absolute Gasteiger partial charge is 0.324 e. The van der Waals surface area contributed by atoms with Crippen LogP contribution in [0.1, 0.15) is 23.6 Å². The first-order valence-electron chi connectivity index (χ1n) is 4.03. The zero-order chi connectivity index (χ0) is 9.59. The predicted octanol–water partition coefficient (Wildman–Crippen LogP) is 2.05. The number of hydrogen-bond donors (Lipinski definition) is 1. The maximum atomic E-state index is 13.1. The van der Waals surface area contributed by atoms with Gasteiger partial charge in [-0.05, 0) is 30.0 Å². The van der Waals surface area contributed by atoms with Gasteiger partial charge < -0.3 is 5.73 Å². The fraction of sp³-hybridized carbons (Fsp3) is 0.333. The van der Waals surface area contributed by atoms with Crippen LogP contribution in [0, 0.1) is 17.5 Å². The molecule has 0 amide bonds. The summed E-state index contributed by atoms with van der Waals surface area (Å²) in [6.07, 6.45) is 0.939. The molecule has 2 N–H and O–H groups in total. The first kappa shape index (κ1) is 8.56. The van der Waals surface area contributed by atoms with Crippen LogP contribution in [0.25, 0.3) is 0 Å². The molecule has 0 saturated carbocycles. The summed E-state index contributed by atoms with van der Waals surface area (Å²) in [5.41, 5.74) is 6.21. The second-order valence-electron chi connectivity index (χ2n) is 3.20. The number of nitrogens with two attached hydrogens (primary N) is 1. The molecule has 1 aromatic carbocycles. The zero-order valence-electron chi connectivity index (χ0n) is 6.78. The molecule has 4 heteroatoms. The van der Waals surface area contributed by atoms with Gasteiger partial charge in [-0.15, -0.1) is 0 Å². The van der Waals surface area contributed by atoms with Gasteiger partial charge in [0.15, 0.2) is 17.5 Å². The summed E-state index contributed by atoms with van der Waals surface area (Å²) < 4.78 is 38.5. The fourth-order valence-electron chi connectivity index (χ4n) is 1.69. The Morgan fingerprint density at radius 1 is 1.23 bits per heavy atom. The number of rotatable bonds is 0. The number of halogens is 3. The summed E-state index contributed by atoms with van der Waals surface area (Å²) in [7, 11) is 0. The Hall–Kier alpha value is -1.03. The second kappa shape index (κ2) is 2.73. The number of hydrogen-bond acceptors (Lipinski definition) is 1. The van der Waals surface area contributed by atoms with Gasteiger partial charge in [-0.2, -0.15) is 0 Å². The Morgan fingerprint density at radius 3 is 2.62 bits per heavy atom. The van der Waals surface area contributed by atoms with Crippen LogP contribution in [0.5, 0.6) is 0 Å². The Balaban J connectivity index is 2.67. The molecule has 1 aliphatic carbocycles. The van der Waals surface area contributed by atoms with Gasteiger partial charge in [0, 0.05) is 6.04 Å². The molecule has 0 heterocycles. The van der Waals surface area contributed by atoms with E-state index in [4.69, 9.17) is 5.73 Å². The number of fused-ring (bicyclic) bond motifs is 1. The van der Waals surface area contributed by atoms with E-state index in [1.54, 1.807) is 0 Å². The lowest BCUT2D eigenvalue weighted by Crippen LogP contribution is -2.07. The molecule has 0 fully saturated rings. The molecule has 1 atom stereocenters. The van der Waals surface area contributed by atoms with E-state index >= 15 is 0 Å². The van der Waals surface area contributed by atoms with Crippen LogP contribution >= 0.6 is 0 Å². The van der Waals surface area contributed by atoms with Crippen LogP contribution < -0.4 is 5.73 Å². The van der Waals surface area contributed by atoms with E-state index < -0.39 is 17.5 Å². The number of benzene rings is 1. The van der Waals surface area contributed by atoms with Crippen molar-refractivity contribution in [3.63, 3.8) is 0 Å². The second-order valence-corrected chi connectivity index (χ2v) is 3.20. The van der Waals surface area contributed by atoms with Crippen molar-refractivity contribution in [2.75, 3.05) is 0 Å². The van der Waals surface area contributed by atoms with Crippen molar-refractivity contribution in [1.82, 2.24) is 0 Å². The Kier molecular flexibility index (Phi) is 1.80. The summed E-state index contributed by atoms with van der Waals surface area (Å²) in [4.78, 5) is 0. The van der Waals surface area contributed by atoms with E-state index in [2.05, 4.69) is 0 Å². The normalized spacial score (nSPS) is 20.5. The predicted molar refractivity (Wildman–Crippen MR) is 41.6 cm³/mol. The lowest BCUT2D eigenvalue weighted by atomic mass is 10.1. The SMILES string of the molecule is N[C@@H]1CCc2c1cc(F)c(F)c2F. The van der Waals surface area contributed by atoms with E-state index in [9.17, 15) is 13.2 Å². The molecule has 0 spiro atoms. The molecular formula is C9H8F3N. The highest BCUT2D eigenvalue weighted by molar-refractivity contribution is 5.36. The third-order valence-electron chi connectivity index (χ3n) is 2.40. The average molecular weight is 187 g/mol. The van der Waals surface area contributed by atoms with Crippen molar-refractivity contribution in [3.8, 4) is 0 Å². The molecular weight excluding hydrogens is 179 g/mol. The molecule has 0 aliphatic heterocycles. The van der Waals surface area contributed by atoms with Gasteiger partial charge in [0.2, 0.25) is 0 Å². The molecule has 2 rings (SSSR count). The average Bonchev–Trinajstić information content (AvgIpc) is 2.45. The molecule has 0 saturated heterocycles. The van der Waals surface area contributed by atoms with Gasteiger partial charge in [0.1, 0.15) is 0 Å². The maximum Gasteiger partial charge on any atom is 0.194 e. The van der Waals surface area contributed by atoms with Crippen LogP contribution in [0.4, 0.5) is 13.2 Å². The fourth-order valence-corrected chi connectivity index (χ4v) is 1.69. The molecule has 1 nitrogen and oxygen atoms in total. The lowest BCUT2D eigenvalue weighted by Gasteiger charge is -2.06. The minimum absolute atomic E-state index is 0.228. The third-order valence-corrected chi connectivity index (χ3v) is 2.40. The topological polar surface area (TPSA) is 26.0 Å². The first-order valence-corrected chi connectivity index (χ1v) is 4.03. The van der Waals surface area contributed by atoms with Crippen molar-refractivity contribution in [1.29, 1.82) is 0 Å². The van der Waals surface area contributed by atoms with Crippen molar-refractivity contribution in [3.05, 3.63) is 34.6 Å². The summed E-state index contributed by atoms with van der Waals surface area (Å²) in [5, 5.41) is 0. The van der Waals surface area contributed by atoms with E-state index in [0.29, 0.717) is 18.4 Å². The van der Waals surface area contributed by atoms with Gasteiger partial charge in [0.25, 0.3) is 0 Å². The Bertz CT molecular complexity index is 362. The van der Waals surface area contributed by atoms with Crippen molar-refractivity contribution < 1.29 is 13.2 Å². The first-order chi connectivity index (χ1) is 6.11. The monoisotopic (exact) mass is 187 g/mol. The summed E-state index contributed by atoms with van der Waals surface area (Å²) in [5.74, 6) is -3.63. The van der Waals surface area contributed by atoms with E-state index in [1.165, 1.54) is 0 Å². The smallest absolute Gasteiger partial charge is 0.194 e. The maximum absolute atomic E-state index is 13.1. The van der Waals surface area contributed by atoms with Gasteiger partial charge in [-0.3, -0.25) is 0 Å². The van der Waals surface area contributed by atoms with Gasteiger partial charge in [0.05, 0.1) is 0 Å². The van der Waals surface area contributed by atoms with Crippen LogP contribution in [-0.4, -0.2) is 0 Å². The minimum Gasteiger partial charge on any atom is -0.324 e. The summed E-state index contributed by atoms with van der Waals surface area (Å²) in [6.45, 7) is 0. The van der Waals surface area contributed by atoms with Crippen LogP contribution in [-0.2, 0) is 6.42 Å². The summed E-state index contributed by atoms with van der Waals surface area (Å²) in [6, 6.07) is 0.630. The summed E-state index contributed by atoms with van der Waals surface area (Å²) >= 11 is 0. The molecule has 70 valence electrons. The van der Waals surface area contributed by atoms with Gasteiger partial charge >= 0.3 is 0 Å². The highest BCUT2D eigenvalue weighted by Gasteiger charge is 2.26. The lowest BCUT2D eigenvalue weighted by molar-refractivity contribution is 0.441. The van der Waals surface area contributed by atoms with E-state index in [0.717, 1.165) is 6.07 Å². The Morgan fingerprint density at radius 2 is 1.92 bits per heavy atom. The molecule has 0 radical (unpaired) electrons. The molecule has 1 aliphatic rings. The van der Waals surface area contributed by atoms with Gasteiger partial charge in [-0.1, -0.05) is 0 Å². The van der Waals surface area contributed by atoms with Crippen LogP contribution in [0.2, 0.25) is 0 Å². The van der Waals surface area contributed by atoms with Crippen LogP contribution in [0.15, 0.2) is 6.07 Å². The van der Waals surface area contributed by atoms with Crippen molar-refractivity contribution in [2.24, 2.45) is 5.73 Å². The third kappa shape index (κ3) is 1.13. The van der Waals surface area contributed by atoms with Gasteiger partial charge in [-0.25, -0.2) is 13.2 Å². The molecule has 0 unspecified atom stereocenters. The standard InChI is InChI=1S/C9H8F3N/c10-6-3-5-4(1-2-7(5)13)8(11)9(6)12/h3,7H,1-2,13H2/t7-/m1/s1. The van der Waals surface area contributed by atoms with E-state index in [1.807, 2.05) is 0 Å². The quantitative estimate of drug-likeness (QED) is 0.618. The zero-order valence-corrected chi connectivity index (χ0v) is 6.78. The highest BCUT2D eigenvalue weighted by atomic mass is 19.2. The molecule has 0 bridgehead atoms.